The van der Waals surface area contributed by atoms with Gasteiger partial charge in [0.1, 0.15) is 5.03 Å². The number of pyridine rings is 1. The van der Waals surface area contributed by atoms with E-state index in [0.717, 1.165) is 29.4 Å². The van der Waals surface area contributed by atoms with E-state index in [1.54, 1.807) is 12.3 Å². The van der Waals surface area contributed by atoms with Gasteiger partial charge in [0, 0.05) is 17.7 Å². The fourth-order valence-electron chi connectivity index (χ4n) is 2.91. The van der Waals surface area contributed by atoms with Crippen molar-refractivity contribution in [2.75, 3.05) is 6.61 Å². The summed E-state index contributed by atoms with van der Waals surface area (Å²) in [5.41, 5.74) is 3.10. The molecule has 2 heterocycles. The number of ether oxygens (including phenoxy) is 1. The smallest absolute Gasteiger partial charge is 0.254 e. The molecule has 4 nitrogen and oxygen atoms in total. The molecule has 0 saturated carbocycles. The van der Waals surface area contributed by atoms with Gasteiger partial charge in [-0.2, -0.15) is 0 Å². The van der Waals surface area contributed by atoms with Crippen LogP contribution in [-0.2, 0) is 4.74 Å². The van der Waals surface area contributed by atoms with Crippen LogP contribution >= 0.6 is 11.8 Å². The van der Waals surface area contributed by atoms with Crippen molar-refractivity contribution in [1.82, 2.24) is 10.3 Å². The summed E-state index contributed by atoms with van der Waals surface area (Å²) in [5.74, 6) is -0.0950. The molecule has 1 aromatic heterocycles. The van der Waals surface area contributed by atoms with Gasteiger partial charge in [0.15, 0.2) is 0 Å². The second-order valence-electron chi connectivity index (χ2n) is 6.52. The molecule has 0 unspecified atom stereocenters. The van der Waals surface area contributed by atoms with Crippen LogP contribution in [0.25, 0.3) is 0 Å². The standard InChI is InChI=1S/C20H24N2O2S/c1-13-8-9-16(12-14(13)2)25-20-17(6-4-10-21-20)19(23)22-15(3)18-7-5-11-24-18/h4,6,8-10,12,15,18H,5,7,11H2,1-3H3,(H,22,23)/t15-,18+/m1/s1. The summed E-state index contributed by atoms with van der Waals surface area (Å²) in [5, 5.41) is 3.79. The number of carbonyl (C=O) groups excluding carboxylic acids is 1. The molecule has 1 aliphatic rings. The molecule has 1 amide bonds. The van der Waals surface area contributed by atoms with Gasteiger partial charge in [-0.25, -0.2) is 4.98 Å². The van der Waals surface area contributed by atoms with Crippen molar-refractivity contribution in [1.29, 1.82) is 0 Å². The number of aryl methyl sites for hydroxylation is 2. The number of benzene rings is 1. The van der Waals surface area contributed by atoms with E-state index in [4.69, 9.17) is 4.74 Å². The van der Waals surface area contributed by atoms with E-state index in [2.05, 4.69) is 42.3 Å². The first-order valence-corrected chi connectivity index (χ1v) is 9.49. The minimum atomic E-state index is -0.0950. The molecule has 1 N–H and O–H groups in total. The number of amides is 1. The normalized spacial score (nSPS) is 18.1. The lowest BCUT2D eigenvalue weighted by Gasteiger charge is -2.20. The number of nitrogens with one attached hydrogen (secondary N) is 1. The van der Waals surface area contributed by atoms with Crippen molar-refractivity contribution >= 4 is 17.7 Å². The van der Waals surface area contributed by atoms with E-state index in [-0.39, 0.29) is 18.1 Å². The van der Waals surface area contributed by atoms with Crippen LogP contribution in [0.5, 0.6) is 0 Å². The lowest BCUT2D eigenvalue weighted by atomic mass is 10.1. The molecule has 25 heavy (non-hydrogen) atoms. The van der Waals surface area contributed by atoms with Crippen LogP contribution in [0.15, 0.2) is 46.5 Å². The minimum absolute atomic E-state index is 0.00493. The van der Waals surface area contributed by atoms with Crippen LogP contribution in [-0.4, -0.2) is 29.6 Å². The van der Waals surface area contributed by atoms with Crippen LogP contribution in [0, 0.1) is 13.8 Å². The van der Waals surface area contributed by atoms with Crippen LogP contribution in [0.4, 0.5) is 0 Å². The van der Waals surface area contributed by atoms with Gasteiger partial charge >= 0.3 is 0 Å². The third-order valence-corrected chi connectivity index (χ3v) is 5.60. The number of carbonyl (C=O) groups is 1. The van der Waals surface area contributed by atoms with E-state index >= 15 is 0 Å². The van der Waals surface area contributed by atoms with Crippen LogP contribution in [0.2, 0.25) is 0 Å². The van der Waals surface area contributed by atoms with Crippen LogP contribution < -0.4 is 5.32 Å². The van der Waals surface area contributed by atoms with Crippen molar-refractivity contribution in [2.24, 2.45) is 0 Å². The molecule has 2 aromatic rings. The first-order valence-electron chi connectivity index (χ1n) is 8.67. The minimum Gasteiger partial charge on any atom is -0.376 e. The molecule has 0 aliphatic carbocycles. The monoisotopic (exact) mass is 356 g/mol. The SMILES string of the molecule is Cc1ccc(Sc2ncccc2C(=O)N[C@H](C)[C@@H]2CCCO2)cc1C. The van der Waals surface area contributed by atoms with E-state index < -0.39 is 0 Å². The maximum absolute atomic E-state index is 12.7. The first-order chi connectivity index (χ1) is 12.0. The van der Waals surface area contributed by atoms with E-state index in [0.29, 0.717) is 5.56 Å². The average molecular weight is 356 g/mol. The molecule has 2 atom stereocenters. The first kappa shape index (κ1) is 18.0. The molecular weight excluding hydrogens is 332 g/mol. The lowest BCUT2D eigenvalue weighted by molar-refractivity contribution is 0.0710. The molecule has 1 fully saturated rings. The van der Waals surface area contributed by atoms with Gasteiger partial charge in [-0.1, -0.05) is 17.8 Å². The summed E-state index contributed by atoms with van der Waals surface area (Å²) in [6.45, 7) is 6.97. The highest BCUT2D eigenvalue weighted by molar-refractivity contribution is 7.99. The Hall–Kier alpha value is -1.85. The van der Waals surface area contributed by atoms with E-state index in [1.807, 2.05) is 13.0 Å². The molecule has 132 valence electrons. The molecule has 1 saturated heterocycles. The highest BCUT2D eigenvalue weighted by Crippen LogP contribution is 2.30. The molecule has 0 bridgehead atoms. The zero-order chi connectivity index (χ0) is 17.8. The average Bonchev–Trinajstić information content (AvgIpc) is 3.13. The number of hydrogen-bond acceptors (Lipinski definition) is 4. The van der Waals surface area contributed by atoms with Gasteiger partial charge in [-0.05, 0) is 69.0 Å². The Morgan fingerprint density at radius 2 is 2.16 bits per heavy atom. The van der Waals surface area contributed by atoms with Crippen LogP contribution in [0.3, 0.4) is 0 Å². The molecule has 3 rings (SSSR count). The fraction of sp³-hybridized carbons (Fsp3) is 0.400. The summed E-state index contributed by atoms with van der Waals surface area (Å²) in [7, 11) is 0. The molecule has 0 spiro atoms. The van der Waals surface area contributed by atoms with Gasteiger partial charge in [0.2, 0.25) is 0 Å². The van der Waals surface area contributed by atoms with Crippen molar-refractivity contribution in [3.05, 3.63) is 53.2 Å². The molecule has 5 heteroatoms. The second-order valence-corrected chi connectivity index (χ2v) is 7.58. The lowest BCUT2D eigenvalue weighted by Crippen LogP contribution is -2.41. The maximum atomic E-state index is 12.7. The van der Waals surface area contributed by atoms with Gasteiger partial charge < -0.3 is 10.1 Å². The highest BCUT2D eigenvalue weighted by Gasteiger charge is 2.25. The van der Waals surface area contributed by atoms with Gasteiger partial charge in [-0.15, -0.1) is 0 Å². The quantitative estimate of drug-likeness (QED) is 0.874. The Bertz CT molecular complexity index is 757. The summed E-state index contributed by atoms with van der Waals surface area (Å²) in [6, 6.07) is 9.92. The summed E-state index contributed by atoms with van der Waals surface area (Å²) in [6.07, 6.45) is 3.89. The Balaban J connectivity index is 1.75. The van der Waals surface area contributed by atoms with Gasteiger partial charge in [-0.3, -0.25) is 4.79 Å². The summed E-state index contributed by atoms with van der Waals surface area (Å²) < 4.78 is 5.67. The second kappa shape index (κ2) is 8.02. The number of aromatic nitrogens is 1. The number of rotatable bonds is 5. The largest absolute Gasteiger partial charge is 0.376 e. The molecule has 1 aromatic carbocycles. The fourth-order valence-corrected chi connectivity index (χ4v) is 3.89. The maximum Gasteiger partial charge on any atom is 0.254 e. The number of nitrogens with zero attached hydrogens (tertiary/aromatic N) is 1. The molecular formula is C20H24N2O2S. The molecule has 0 radical (unpaired) electrons. The van der Waals surface area contributed by atoms with Crippen molar-refractivity contribution in [3.8, 4) is 0 Å². The van der Waals surface area contributed by atoms with E-state index in [9.17, 15) is 4.79 Å². The highest BCUT2D eigenvalue weighted by atomic mass is 32.2. The predicted octanol–water partition coefficient (Wildman–Crippen LogP) is 4.15. The predicted molar refractivity (Wildman–Crippen MR) is 100 cm³/mol. The van der Waals surface area contributed by atoms with E-state index in [1.165, 1.54) is 22.9 Å². The Kier molecular flexibility index (Phi) is 5.76. The third-order valence-electron chi connectivity index (χ3n) is 4.59. The number of hydrogen-bond donors (Lipinski definition) is 1. The van der Waals surface area contributed by atoms with Crippen molar-refractivity contribution < 1.29 is 9.53 Å². The molecule has 1 aliphatic heterocycles. The zero-order valence-electron chi connectivity index (χ0n) is 14.9. The van der Waals surface area contributed by atoms with Crippen LogP contribution in [0.1, 0.15) is 41.3 Å². The van der Waals surface area contributed by atoms with Crippen molar-refractivity contribution in [3.63, 3.8) is 0 Å². The Morgan fingerprint density at radius 1 is 1.32 bits per heavy atom. The van der Waals surface area contributed by atoms with Gasteiger partial charge in [0.05, 0.1) is 17.7 Å². The Morgan fingerprint density at radius 3 is 2.88 bits per heavy atom. The van der Waals surface area contributed by atoms with Gasteiger partial charge in [0.25, 0.3) is 5.91 Å². The summed E-state index contributed by atoms with van der Waals surface area (Å²) in [4.78, 5) is 18.2. The van der Waals surface area contributed by atoms with Crippen molar-refractivity contribution in [2.45, 2.75) is 55.7 Å². The third kappa shape index (κ3) is 4.41. The Labute approximate surface area is 153 Å². The zero-order valence-corrected chi connectivity index (χ0v) is 15.7. The topological polar surface area (TPSA) is 51.2 Å². The summed E-state index contributed by atoms with van der Waals surface area (Å²) >= 11 is 1.52.